The minimum absolute atomic E-state index is 0.0639. The van der Waals surface area contributed by atoms with Gasteiger partial charge in [-0.3, -0.25) is 0 Å². The molecule has 1 aliphatic heterocycles. The lowest BCUT2D eigenvalue weighted by molar-refractivity contribution is -0.0498. The maximum atomic E-state index is 12.3. The second-order valence-electron chi connectivity index (χ2n) is 4.50. The fourth-order valence-electron chi connectivity index (χ4n) is 1.98. The molecule has 1 fully saturated rings. The first-order valence-corrected chi connectivity index (χ1v) is 7.55. The SMILES string of the molecule is C=C1CCN(S(=O)(=O)c2ccc(OC(F)F)cc2)CC1. The molecule has 0 aromatic heterocycles. The molecule has 1 heterocycles. The quantitative estimate of drug-likeness (QED) is 0.803. The molecule has 1 aromatic rings. The van der Waals surface area contributed by atoms with Crippen LogP contribution in [0.3, 0.4) is 0 Å². The summed E-state index contributed by atoms with van der Waals surface area (Å²) in [4.78, 5) is 0.0756. The molecule has 1 aliphatic rings. The van der Waals surface area contributed by atoms with Crippen molar-refractivity contribution in [3.63, 3.8) is 0 Å². The van der Waals surface area contributed by atoms with Crippen molar-refractivity contribution in [3.8, 4) is 5.75 Å². The van der Waals surface area contributed by atoms with Crippen LogP contribution in [-0.2, 0) is 10.0 Å². The molecule has 0 amide bonds. The molecule has 4 nitrogen and oxygen atoms in total. The van der Waals surface area contributed by atoms with Crippen LogP contribution in [0.25, 0.3) is 0 Å². The van der Waals surface area contributed by atoms with E-state index >= 15 is 0 Å². The van der Waals surface area contributed by atoms with Gasteiger partial charge in [0.05, 0.1) is 4.90 Å². The summed E-state index contributed by atoms with van der Waals surface area (Å²) in [5.74, 6) is -0.0639. The van der Waals surface area contributed by atoms with Gasteiger partial charge in [-0.15, -0.1) is 0 Å². The molecule has 0 unspecified atom stereocenters. The lowest BCUT2D eigenvalue weighted by atomic mass is 10.1. The molecule has 0 N–H and O–H groups in total. The average molecular weight is 303 g/mol. The molecule has 0 aliphatic carbocycles. The van der Waals surface area contributed by atoms with E-state index in [-0.39, 0.29) is 10.6 Å². The van der Waals surface area contributed by atoms with Crippen LogP contribution in [0, 0.1) is 0 Å². The van der Waals surface area contributed by atoms with E-state index in [1.165, 1.54) is 28.6 Å². The zero-order valence-corrected chi connectivity index (χ0v) is 11.6. The van der Waals surface area contributed by atoms with E-state index in [4.69, 9.17) is 0 Å². The van der Waals surface area contributed by atoms with E-state index in [9.17, 15) is 17.2 Å². The third-order valence-electron chi connectivity index (χ3n) is 3.12. The smallest absolute Gasteiger partial charge is 0.387 e. The van der Waals surface area contributed by atoms with E-state index < -0.39 is 16.6 Å². The third kappa shape index (κ3) is 3.34. The van der Waals surface area contributed by atoms with Crippen LogP contribution in [-0.4, -0.2) is 32.4 Å². The highest BCUT2D eigenvalue weighted by Crippen LogP contribution is 2.24. The number of halogens is 2. The van der Waals surface area contributed by atoms with E-state index in [0.29, 0.717) is 25.9 Å². The van der Waals surface area contributed by atoms with Gasteiger partial charge in [-0.25, -0.2) is 8.42 Å². The highest BCUT2D eigenvalue weighted by molar-refractivity contribution is 7.89. The summed E-state index contributed by atoms with van der Waals surface area (Å²) in [5, 5.41) is 0. The van der Waals surface area contributed by atoms with Crippen molar-refractivity contribution in [2.24, 2.45) is 0 Å². The molecule has 0 radical (unpaired) electrons. The van der Waals surface area contributed by atoms with Crippen molar-refractivity contribution in [2.75, 3.05) is 13.1 Å². The van der Waals surface area contributed by atoms with E-state index in [0.717, 1.165) is 5.57 Å². The van der Waals surface area contributed by atoms with Gasteiger partial charge in [0.15, 0.2) is 0 Å². The molecule has 110 valence electrons. The number of benzene rings is 1. The van der Waals surface area contributed by atoms with Crippen molar-refractivity contribution in [1.82, 2.24) is 4.31 Å². The van der Waals surface area contributed by atoms with Gasteiger partial charge >= 0.3 is 6.61 Å². The van der Waals surface area contributed by atoms with Crippen molar-refractivity contribution in [2.45, 2.75) is 24.3 Å². The Kier molecular flexibility index (Phi) is 4.39. The zero-order valence-electron chi connectivity index (χ0n) is 10.8. The second kappa shape index (κ2) is 5.88. The van der Waals surface area contributed by atoms with Gasteiger partial charge < -0.3 is 4.74 Å². The third-order valence-corrected chi connectivity index (χ3v) is 5.03. The first-order valence-electron chi connectivity index (χ1n) is 6.11. The second-order valence-corrected chi connectivity index (χ2v) is 6.44. The molecule has 20 heavy (non-hydrogen) atoms. The summed E-state index contributed by atoms with van der Waals surface area (Å²) in [7, 11) is -3.58. The molecule has 0 saturated carbocycles. The predicted molar refractivity (Wildman–Crippen MR) is 70.2 cm³/mol. The van der Waals surface area contributed by atoms with Crippen LogP contribution >= 0.6 is 0 Å². The first-order chi connectivity index (χ1) is 9.39. The Hall–Kier alpha value is -1.47. The molecule has 7 heteroatoms. The highest BCUT2D eigenvalue weighted by atomic mass is 32.2. The molecular formula is C13H15F2NO3S. The Morgan fingerprint density at radius 2 is 1.70 bits per heavy atom. The van der Waals surface area contributed by atoms with Crippen LogP contribution in [0.15, 0.2) is 41.3 Å². The Balaban J connectivity index is 2.15. The summed E-state index contributed by atoms with van der Waals surface area (Å²) >= 11 is 0. The fourth-order valence-corrected chi connectivity index (χ4v) is 3.43. The monoisotopic (exact) mass is 303 g/mol. The van der Waals surface area contributed by atoms with Crippen molar-refractivity contribution in [3.05, 3.63) is 36.4 Å². The van der Waals surface area contributed by atoms with Crippen LogP contribution < -0.4 is 4.74 Å². The summed E-state index contributed by atoms with van der Waals surface area (Å²) in [6.07, 6.45) is 1.29. The highest BCUT2D eigenvalue weighted by Gasteiger charge is 2.26. The van der Waals surface area contributed by atoms with Crippen LogP contribution in [0.1, 0.15) is 12.8 Å². The standard InChI is InChI=1S/C13H15F2NO3S/c1-10-6-8-16(9-7-10)20(17,18)12-4-2-11(3-5-12)19-13(14)15/h2-5,13H,1,6-9H2. The van der Waals surface area contributed by atoms with Crippen LogP contribution in [0.2, 0.25) is 0 Å². The van der Waals surface area contributed by atoms with Crippen molar-refractivity contribution < 1.29 is 21.9 Å². The van der Waals surface area contributed by atoms with Crippen molar-refractivity contribution >= 4 is 10.0 Å². The minimum Gasteiger partial charge on any atom is -0.435 e. The molecule has 1 aromatic carbocycles. The van der Waals surface area contributed by atoms with Gasteiger partial charge in [-0.1, -0.05) is 12.2 Å². The maximum absolute atomic E-state index is 12.3. The molecule has 1 saturated heterocycles. The van der Waals surface area contributed by atoms with E-state index in [1.54, 1.807) is 0 Å². The van der Waals surface area contributed by atoms with Gasteiger partial charge in [0.25, 0.3) is 0 Å². The van der Waals surface area contributed by atoms with Crippen molar-refractivity contribution in [1.29, 1.82) is 0 Å². The summed E-state index contributed by atoms with van der Waals surface area (Å²) in [5.41, 5.74) is 1.04. The maximum Gasteiger partial charge on any atom is 0.387 e. The van der Waals surface area contributed by atoms with E-state index in [1.807, 2.05) is 0 Å². The average Bonchev–Trinajstić information content (AvgIpc) is 2.39. The van der Waals surface area contributed by atoms with Gasteiger partial charge in [0, 0.05) is 13.1 Å². The Labute approximate surface area is 116 Å². The lowest BCUT2D eigenvalue weighted by Gasteiger charge is -2.27. The topological polar surface area (TPSA) is 46.6 Å². The largest absolute Gasteiger partial charge is 0.435 e. The molecule has 0 spiro atoms. The Morgan fingerprint density at radius 3 is 2.20 bits per heavy atom. The van der Waals surface area contributed by atoms with Gasteiger partial charge in [-0.05, 0) is 37.1 Å². The molecule has 0 bridgehead atoms. The number of sulfonamides is 1. The number of ether oxygens (including phenoxy) is 1. The zero-order chi connectivity index (χ0) is 14.8. The summed E-state index contributed by atoms with van der Waals surface area (Å²) < 4.78 is 54.3. The number of nitrogens with zero attached hydrogens (tertiary/aromatic N) is 1. The predicted octanol–water partition coefficient (Wildman–Crippen LogP) is 2.63. The van der Waals surface area contributed by atoms with Gasteiger partial charge in [-0.2, -0.15) is 13.1 Å². The number of piperidine rings is 1. The Morgan fingerprint density at radius 1 is 1.15 bits per heavy atom. The number of hydrogen-bond donors (Lipinski definition) is 0. The summed E-state index contributed by atoms with van der Waals surface area (Å²) in [6, 6.07) is 5.00. The Bertz CT molecular complexity index is 574. The number of rotatable bonds is 4. The van der Waals surface area contributed by atoms with E-state index in [2.05, 4.69) is 11.3 Å². The normalized spacial score (nSPS) is 17.4. The summed E-state index contributed by atoms with van der Waals surface area (Å²) in [6.45, 7) is 1.71. The van der Waals surface area contributed by atoms with Gasteiger partial charge in [0.2, 0.25) is 10.0 Å². The lowest BCUT2D eigenvalue weighted by Crippen LogP contribution is -2.36. The molecular weight excluding hydrogens is 288 g/mol. The molecule has 0 atom stereocenters. The fraction of sp³-hybridized carbons (Fsp3) is 0.385. The minimum atomic E-state index is -3.58. The first kappa shape index (κ1) is 14.9. The molecule has 2 rings (SSSR count). The number of alkyl halides is 2. The van der Waals surface area contributed by atoms with Crippen LogP contribution in [0.5, 0.6) is 5.75 Å². The van der Waals surface area contributed by atoms with Gasteiger partial charge in [0.1, 0.15) is 5.75 Å². The van der Waals surface area contributed by atoms with Crippen LogP contribution in [0.4, 0.5) is 8.78 Å². The number of hydrogen-bond acceptors (Lipinski definition) is 3.